The summed E-state index contributed by atoms with van der Waals surface area (Å²) in [5.74, 6) is 1.78. The lowest BCUT2D eigenvalue weighted by Crippen LogP contribution is -2.29. The van der Waals surface area contributed by atoms with Gasteiger partial charge in [-0.2, -0.15) is 0 Å². The predicted molar refractivity (Wildman–Crippen MR) is 87.6 cm³/mol. The van der Waals surface area contributed by atoms with Crippen LogP contribution in [0.5, 0.6) is 11.5 Å². The van der Waals surface area contributed by atoms with E-state index >= 15 is 0 Å². The molecule has 0 bridgehead atoms. The smallest absolute Gasteiger partial charge is 0.161 e. The van der Waals surface area contributed by atoms with Crippen LogP contribution >= 0.6 is 12.4 Å². The van der Waals surface area contributed by atoms with Gasteiger partial charge in [-0.15, -0.1) is 12.4 Å². The number of hydrogen-bond donors (Lipinski definition) is 1. The minimum atomic E-state index is 0. The Kier molecular flexibility index (Phi) is 6.65. The van der Waals surface area contributed by atoms with Gasteiger partial charge in [0.05, 0.1) is 0 Å². The highest BCUT2D eigenvalue weighted by Crippen LogP contribution is 2.30. The molecule has 0 aromatic heterocycles. The van der Waals surface area contributed by atoms with Crippen molar-refractivity contribution in [2.75, 3.05) is 13.2 Å². The van der Waals surface area contributed by atoms with Crippen LogP contribution in [0, 0.1) is 0 Å². The summed E-state index contributed by atoms with van der Waals surface area (Å²) in [4.78, 5) is 0. The number of hydrogen-bond acceptors (Lipinski definition) is 3. The predicted octanol–water partition coefficient (Wildman–Crippen LogP) is 4.08. The molecule has 0 unspecified atom stereocenters. The quantitative estimate of drug-likeness (QED) is 0.912. The lowest BCUT2D eigenvalue weighted by Gasteiger charge is -2.22. The molecule has 0 saturated heterocycles. The van der Waals surface area contributed by atoms with E-state index in [2.05, 4.69) is 17.4 Å². The minimum absolute atomic E-state index is 0. The average molecular weight is 312 g/mol. The molecule has 0 spiro atoms. The van der Waals surface area contributed by atoms with E-state index in [9.17, 15) is 0 Å². The third kappa shape index (κ3) is 4.79. The zero-order chi connectivity index (χ0) is 13.6. The Morgan fingerprint density at radius 3 is 2.33 bits per heavy atom. The summed E-state index contributed by atoms with van der Waals surface area (Å²) >= 11 is 0. The number of benzene rings is 1. The molecule has 1 saturated carbocycles. The highest BCUT2D eigenvalue weighted by Gasteiger charge is 2.13. The normalized spacial score (nSPS) is 19.2. The van der Waals surface area contributed by atoms with Crippen LogP contribution in [0.1, 0.15) is 50.5 Å². The van der Waals surface area contributed by atoms with Crippen molar-refractivity contribution >= 4 is 12.4 Å². The molecule has 3 rings (SSSR count). The Morgan fingerprint density at radius 2 is 1.57 bits per heavy atom. The second kappa shape index (κ2) is 8.50. The fraction of sp³-hybridized carbons (Fsp3) is 0.647. The lowest BCUT2D eigenvalue weighted by molar-refractivity contribution is 0.171. The van der Waals surface area contributed by atoms with Gasteiger partial charge in [-0.3, -0.25) is 0 Å². The van der Waals surface area contributed by atoms with E-state index in [1.54, 1.807) is 0 Å². The van der Waals surface area contributed by atoms with Crippen LogP contribution in [0.2, 0.25) is 0 Å². The highest BCUT2D eigenvalue weighted by atomic mass is 35.5. The molecule has 21 heavy (non-hydrogen) atoms. The summed E-state index contributed by atoms with van der Waals surface area (Å²) in [6.07, 6.45) is 9.63. The first-order chi connectivity index (χ1) is 9.92. The van der Waals surface area contributed by atoms with Crippen LogP contribution in [0.15, 0.2) is 18.2 Å². The molecular weight excluding hydrogens is 286 g/mol. The average Bonchev–Trinajstić information content (AvgIpc) is 2.46. The van der Waals surface area contributed by atoms with Gasteiger partial charge in [-0.05, 0) is 30.5 Å². The number of fused-ring (bicyclic) bond motifs is 1. The van der Waals surface area contributed by atoms with Gasteiger partial charge in [0.25, 0.3) is 0 Å². The van der Waals surface area contributed by atoms with Gasteiger partial charge in [-0.25, -0.2) is 0 Å². The number of ether oxygens (including phenoxy) is 2. The maximum atomic E-state index is 5.64. The molecule has 1 aliphatic heterocycles. The summed E-state index contributed by atoms with van der Waals surface area (Å²) in [7, 11) is 0. The van der Waals surface area contributed by atoms with Crippen molar-refractivity contribution in [1.29, 1.82) is 0 Å². The van der Waals surface area contributed by atoms with Crippen molar-refractivity contribution in [2.24, 2.45) is 0 Å². The maximum absolute atomic E-state index is 5.64. The zero-order valence-corrected chi connectivity index (χ0v) is 13.4. The van der Waals surface area contributed by atoms with Crippen molar-refractivity contribution in [3.05, 3.63) is 23.8 Å². The van der Waals surface area contributed by atoms with Crippen molar-refractivity contribution in [3.8, 4) is 11.5 Å². The Labute approximate surface area is 133 Å². The van der Waals surface area contributed by atoms with E-state index in [-0.39, 0.29) is 12.4 Å². The maximum Gasteiger partial charge on any atom is 0.161 e. The Morgan fingerprint density at radius 1 is 0.905 bits per heavy atom. The van der Waals surface area contributed by atoms with Crippen LogP contribution < -0.4 is 14.8 Å². The van der Waals surface area contributed by atoms with E-state index < -0.39 is 0 Å². The Balaban J connectivity index is 0.00000161. The highest BCUT2D eigenvalue weighted by molar-refractivity contribution is 5.85. The topological polar surface area (TPSA) is 30.5 Å². The summed E-state index contributed by atoms with van der Waals surface area (Å²) in [6, 6.07) is 6.97. The van der Waals surface area contributed by atoms with Crippen molar-refractivity contribution in [3.63, 3.8) is 0 Å². The first-order valence-corrected chi connectivity index (χ1v) is 8.04. The molecule has 4 heteroatoms. The molecule has 1 N–H and O–H groups in total. The van der Waals surface area contributed by atoms with Crippen LogP contribution in [0.3, 0.4) is 0 Å². The van der Waals surface area contributed by atoms with Gasteiger partial charge in [0, 0.05) is 12.6 Å². The monoisotopic (exact) mass is 311 g/mol. The van der Waals surface area contributed by atoms with Crippen molar-refractivity contribution in [1.82, 2.24) is 5.32 Å². The third-order valence-corrected chi connectivity index (χ3v) is 4.31. The standard InChI is InChI=1S/C17H25NO2.ClH/c1-2-4-6-15(7-5-3-1)18-13-14-8-9-16-17(12-14)20-11-10-19-16;/h8-9,12,15,18H,1-7,10-11,13H2;1H. The van der Waals surface area contributed by atoms with Crippen molar-refractivity contribution in [2.45, 2.75) is 57.5 Å². The molecule has 1 aromatic rings. The number of nitrogens with one attached hydrogen (secondary N) is 1. The SMILES string of the molecule is Cl.c1cc2c(cc1CNC1CCCCCCC1)OCCO2. The van der Waals surface area contributed by atoms with E-state index in [0.717, 1.165) is 18.0 Å². The second-order valence-corrected chi connectivity index (χ2v) is 5.90. The number of rotatable bonds is 3. The first-order valence-electron chi connectivity index (χ1n) is 8.04. The summed E-state index contributed by atoms with van der Waals surface area (Å²) in [6.45, 7) is 2.25. The molecule has 0 atom stereocenters. The van der Waals surface area contributed by atoms with Gasteiger partial charge >= 0.3 is 0 Å². The van der Waals surface area contributed by atoms with Crippen LogP contribution in [0.4, 0.5) is 0 Å². The molecule has 1 aromatic carbocycles. The summed E-state index contributed by atoms with van der Waals surface area (Å²) < 4.78 is 11.2. The zero-order valence-electron chi connectivity index (χ0n) is 12.6. The van der Waals surface area contributed by atoms with Crippen molar-refractivity contribution < 1.29 is 9.47 Å². The molecule has 1 fully saturated rings. The molecule has 0 radical (unpaired) electrons. The Hall–Kier alpha value is -0.930. The van der Waals surface area contributed by atoms with Crippen LogP contribution in [-0.2, 0) is 6.54 Å². The molecule has 1 heterocycles. The summed E-state index contributed by atoms with van der Waals surface area (Å²) in [5.41, 5.74) is 1.29. The number of halogens is 1. The minimum Gasteiger partial charge on any atom is -0.486 e. The van der Waals surface area contributed by atoms with Gasteiger partial charge in [-0.1, -0.05) is 38.2 Å². The largest absolute Gasteiger partial charge is 0.486 e. The van der Waals surface area contributed by atoms with Crippen LogP contribution in [0.25, 0.3) is 0 Å². The molecule has 0 amide bonds. The van der Waals surface area contributed by atoms with Crippen LogP contribution in [-0.4, -0.2) is 19.3 Å². The Bertz CT molecular complexity index is 431. The molecule has 1 aliphatic carbocycles. The molecule has 118 valence electrons. The van der Waals surface area contributed by atoms with Gasteiger partial charge < -0.3 is 14.8 Å². The summed E-state index contributed by atoms with van der Waals surface area (Å²) in [5, 5.41) is 3.72. The van der Waals surface area contributed by atoms with Gasteiger partial charge in [0.15, 0.2) is 11.5 Å². The fourth-order valence-corrected chi connectivity index (χ4v) is 3.12. The first kappa shape index (κ1) is 16.4. The molecule has 2 aliphatic rings. The molecule has 3 nitrogen and oxygen atoms in total. The molecular formula is C17H26ClNO2. The van der Waals surface area contributed by atoms with E-state index in [1.807, 2.05) is 6.07 Å². The van der Waals surface area contributed by atoms with Gasteiger partial charge in [0.1, 0.15) is 13.2 Å². The van der Waals surface area contributed by atoms with E-state index in [4.69, 9.17) is 9.47 Å². The third-order valence-electron chi connectivity index (χ3n) is 4.31. The lowest BCUT2D eigenvalue weighted by atomic mass is 9.96. The van der Waals surface area contributed by atoms with Gasteiger partial charge in [0.2, 0.25) is 0 Å². The van der Waals surface area contributed by atoms with E-state index in [1.165, 1.54) is 50.5 Å². The second-order valence-electron chi connectivity index (χ2n) is 5.90. The fourth-order valence-electron chi connectivity index (χ4n) is 3.12. The van der Waals surface area contributed by atoms with E-state index in [0.29, 0.717) is 19.3 Å².